The second-order valence-corrected chi connectivity index (χ2v) is 9.32. The molecule has 1 aliphatic rings. The van der Waals surface area contributed by atoms with E-state index in [1.54, 1.807) is 18.3 Å². The van der Waals surface area contributed by atoms with Crippen LogP contribution in [0.25, 0.3) is 27.8 Å². The highest BCUT2D eigenvalue weighted by Gasteiger charge is 2.21. The van der Waals surface area contributed by atoms with Crippen LogP contribution in [0.4, 0.5) is 16.2 Å². The molecule has 182 valence electrons. The Balaban J connectivity index is 1.25. The number of carbonyl (C=O) groups excluding carboxylic acids is 1. The number of nitrogens with zero attached hydrogens (tertiary/aromatic N) is 4. The summed E-state index contributed by atoms with van der Waals surface area (Å²) in [6.07, 6.45) is 2.85. The van der Waals surface area contributed by atoms with Gasteiger partial charge in [-0.25, -0.2) is 14.4 Å². The fraction of sp³-hybridized carbons (Fsp3) is 0.192. The fourth-order valence-electron chi connectivity index (χ4n) is 4.60. The van der Waals surface area contributed by atoms with E-state index in [1.165, 1.54) is 12.1 Å². The van der Waals surface area contributed by atoms with Crippen molar-refractivity contribution in [3.63, 3.8) is 0 Å². The molecule has 1 saturated heterocycles. The van der Waals surface area contributed by atoms with Gasteiger partial charge in [-0.3, -0.25) is 14.5 Å². The SMILES string of the molecule is O=C(Nc1nc2ccc(-c3cc(F)cc(Cl)c3)cc2[nH]1)c1cn2c(N3CCC(O)CC3)cccc2n1. The van der Waals surface area contributed by atoms with Gasteiger partial charge in [0.15, 0.2) is 0 Å². The Morgan fingerprint density at radius 1 is 1.08 bits per heavy atom. The minimum atomic E-state index is -0.413. The molecule has 3 N–H and O–H groups in total. The zero-order chi connectivity index (χ0) is 24.8. The van der Waals surface area contributed by atoms with Gasteiger partial charge in [-0.1, -0.05) is 23.7 Å². The summed E-state index contributed by atoms with van der Waals surface area (Å²) in [6.45, 7) is 1.48. The highest BCUT2D eigenvalue weighted by Crippen LogP contribution is 2.28. The lowest BCUT2D eigenvalue weighted by Crippen LogP contribution is -2.36. The standard InChI is InChI=1S/C26H22ClFN6O2/c27-17-10-16(11-18(28)13-17)15-4-5-20-21(12-15)31-26(30-20)32-25(36)22-14-34-23(29-22)2-1-3-24(34)33-8-6-19(35)7-9-33/h1-5,10-14,19,35H,6-9H2,(H2,30,31,32,36). The Morgan fingerprint density at radius 2 is 1.92 bits per heavy atom. The number of piperidine rings is 1. The fourth-order valence-corrected chi connectivity index (χ4v) is 4.82. The number of nitrogens with one attached hydrogen (secondary N) is 2. The van der Waals surface area contributed by atoms with E-state index < -0.39 is 11.7 Å². The van der Waals surface area contributed by atoms with E-state index in [4.69, 9.17) is 11.6 Å². The first-order chi connectivity index (χ1) is 17.4. The number of hydrogen-bond acceptors (Lipinski definition) is 5. The van der Waals surface area contributed by atoms with E-state index in [0.29, 0.717) is 40.1 Å². The number of amides is 1. The van der Waals surface area contributed by atoms with Crippen LogP contribution in [-0.2, 0) is 0 Å². The van der Waals surface area contributed by atoms with Gasteiger partial charge in [-0.2, -0.15) is 0 Å². The number of fused-ring (bicyclic) bond motifs is 2. The van der Waals surface area contributed by atoms with Gasteiger partial charge >= 0.3 is 0 Å². The molecule has 0 unspecified atom stereocenters. The molecule has 10 heteroatoms. The molecule has 0 saturated carbocycles. The summed E-state index contributed by atoms with van der Waals surface area (Å²) in [6, 6.07) is 15.5. The van der Waals surface area contributed by atoms with E-state index in [2.05, 4.69) is 25.2 Å². The highest BCUT2D eigenvalue weighted by molar-refractivity contribution is 6.30. The Morgan fingerprint density at radius 3 is 2.72 bits per heavy atom. The maximum Gasteiger partial charge on any atom is 0.278 e. The molecule has 0 spiro atoms. The summed E-state index contributed by atoms with van der Waals surface area (Å²) in [5.41, 5.74) is 3.67. The quantitative estimate of drug-likeness (QED) is 0.324. The Bertz CT molecular complexity index is 1580. The Kier molecular flexibility index (Phi) is 5.58. The lowest BCUT2D eigenvalue weighted by atomic mass is 10.1. The van der Waals surface area contributed by atoms with Crippen molar-refractivity contribution < 1.29 is 14.3 Å². The molecule has 36 heavy (non-hydrogen) atoms. The first kappa shape index (κ1) is 22.5. The molecule has 1 fully saturated rings. The number of H-pyrrole nitrogens is 1. The van der Waals surface area contributed by atoms with Crippen molar-refractivity contribution >= 4 is 46.0 Å². The number of aliphatic hydroxyl groups is 1. The number of aliphatic hydroxyl groups excluding tert-OH is 1. The summed E-state index contributed by atoms with van der Waals surface area (Å²) in [4.78, 5) is 27.2. The van der Waals surface area contributed by atoms with Crippen LogP contribution in [0.3, 0.4) is 0 Å². The lowest BCUT2D eigenvalue weighted by molar-refractivity contribution is 0.102. The van der Waals surface area contributed by atoms with E-state index in [9.17, 15) is 14.3 Å². The molecule has 0 atom stereocenters. The zero-order valence-corrected chi connectivity index (χ0v) is 19.8. The number of benzene rings is 2. The van der Waals surface area contributed by atoms with Gasteiger partial charge in [-0.15, -0.1) is 0 Å². The van der Waals surface area contributed by atoms with Crippen molar-refractivity contribution in [1.82, 2.24) is 19.4 Å². The van der Waals surface area contributed by atoms with E-state index in [1.807, 2.05) is 34.7 Å². The summed E-state index contributed by atoms with van der Waals surface area (Å²) >= 11 is 6.00. The van der Waals surface area contributed by atoms with Gasteiger partial charge in [0.25, 0.3) is 5.91 Å². The topological polar surface area (TPSA) is 98.5 Å². The molecule has 1 amide bonds. The molecule has 6 rings (SSSR count). The number of halogens is 2. The molecule has 0 radical (unpaired) electrons. The van der Waals surface area contributed by atoms with Gasteiger partial charge in [0.05, 0.1) is 17.1 Å². The van der Waals surface area contributed by atoms with Gasteiger partial charge in [0.1, 0.15) is 23.0 Å². The predicted octanol–water partition coefficient (Wildman–Crippen LogP) is 4.88. The number of pyridine rings is 1. The number of rotatable bonds is 4. The number of anilines is 2. The lowest BCUT2D eigenvalue weighted by Gasteiger charge is -2.31. The van der Waals surface area contributed by atoms with Crippen LogP contribution in [0, 0.1) is 5.82 Å². The average Bonchev–Trinajstić information content (AvgIpc) is 3.47. The van der Waals surface area contributed by atoms with Gasteiger partial charge in [0, 0.05) is 24.3 Å². The minimum absolute atomic E-state index is 0.259. The predicted molar refractivity (Wildman–Crippen MR) is 137 cm³/mol. The minimum Gasteiger partial charge on any atom is -0.393 e. The van der Waals surface area contributed by atoms with Crippen LogP contribution >= 0.6 is 11.6 Å². The van der Waals surface area contributed by atoms with Crippen LogP contribution in [0.1, 0.15) is 23.3 Å². The first-order valence-corrected chi connectivity index (χ1v) is 12.0. The van der Waals surface area contributed by atoms with Crippen LogP contribution in [0.5, 0.6) is 0 Å². The Labute approximate surface area is 210 Å². The zero-order valence-electron chi connectivity index (χ0n) is 19.1. The third kappa shape index (κ3) is 4.27. The smallest absolute Gasteiger partial charge is 0.278 e. The van der Waals surface area contributed by atoms with Crippen LogP contribution in [0.2, 0.25) is 5.02 Å². The van der Waals surface area contributed by atoms with Crippen LogP contribution < -0.4 is 10.2 Å². The molecule has 3 aromatic heterocycles. The van der Waals surface area contributed by atoms with Crippen LogP contribution in [0.15, 0.2) is 60.8 Å². The van der Waals surface area contributed by atoms with Crippen molar-refractivity contribution in [2.24, 2.45) is 0 Å². The molecule has 5 aromatic rings. The molecular formula is C26H22ClFN6O2. The second kappa shape index (κ2) is 8.92. The number of hydrogen-bond donors (Lipinski definition) is 3. The second-order valence-electron chi connectivity index (χ2n) is 8.89. The largest absolute Gasteiger partial charge is 0.393 e. The van der Waals surface area contributed by atoms with Crippen molar-refractivity contribution in [3.8, 4) is 11.1 Å². The monoisotopic (exact) mass is 504 g/mol. The van der Waals surface area contributed by atoms with Crippen molar-refractivity contribution in [3.05, 3.63) is 77.3 Å². The van der Waals surface area contributed by atoms with E-state index in [0.717, 1.165) is 24.5 Å². The van der Waals surface area contributed by atoms with Gasteiger partial charge < -0.3 is 15.0 Å². The Hall–Kier alpha value is -3.95. The van der Waals surface area contributed by atoms with E-state index >= 15 is 0 Å². The summed E-state index contributed by atoms with van der Waals surface area (Å²) in [7, 11) is 0. The van der Waals surface area contributed by atoms with E-state index in [-0.39, 0.29) is 17.7 Å². The van der Waals surface area contributed by atoms with Crippen molar-refractivity contribution in [2.75, 3.05) is 23.3 Å². The third-order valence-electron chi connectivity index (χ3n) is 6.40. The number of carbonyl (C=O) groups is 1. The number of aromatic amines is 1. The van der Waals surface area contributed by atoms with Crippen LogP contribution in [-0.4, -0.2) is 49.6 Å². The van der Waals surface area contributed by atoms with Crippen molar-refractivity contribution in [1.29, 1.82) is 0 Å². The number of imidazole rings is 2. The van der Waals surface area contributed by atoms with Crippen molar-refractivity contribution in [2.45, 2.75) is 18.9 Å². The third-order valence-corrected chi connectivity index (χ3v) is 6.62. The number of aromatic nitrogens is 4. The van der Waals surface area contributed by atoms with Gasteiger partial charge in [-0.05, 0) is 66.4 Å². The maximum absolute atomic E-state index is 13.8. The molecular weight excluding hydrogens is 483 g/mol. The highest BCUT2D eigenvalue weighted by atomic mass is 35.5. The maximum atomic E-state index is 13.8. The first-order valence-electron chi connectivity index (χ1n) is 11.6. The summed E-state index contributed by atoms with van der Waals surface area (Å²) < 4.78 is 15.7. The molecule has 0 aliphatic carbocycles. The molecule has 2 aromatic carbocycles. The molecule has 8 nitrogen and oxygen atoms in total. The molecule has 0 bridgehead atoms. The summed E-state index contributed by atoms with van der Waals surface area (Å²) in [5, 5.41) is 12.9. The molecule has 1 aliphatic heterocycles. The normalized spacial score (nSPS) is 14.6. The molecule has 4 heterocycles. The average molecular weight is 505 g/mol. The summed E-state index contributed by atoms with van der Waals surface area (Å²) in [5.74, 6) is 0.407. The van der Waals surface area contributed by atoms with Gasteiger partial charge in [0.2, 0.25) is 5.95 Å².